The van der Waals surface area contributed by atoms with Crippen molar-refractivity contribution >= 4 is 23.2 Å². The summed E-state index contributed by atoms with van der Waals surface area (Å²) in [5.74, 6) is -1.25. The van der Waals surface area contributed by atoms with Crippen molar-refractivity contribution in [2.24, 2.45) is 0 Å². The fraction of sp³-hybridized carbons (Fsp3) is 0.333. The minimum Gasteiger partial charge on any atom is -0.478 e. The smallest absolute Gasteiger partial charge is 0.338 e. The lowest BCUT2D eigenvalue weighted by Gasteiger charge is -2.34. The van der Waals surface area contributed by atoms with Crippen LogP contribution in [0.3, 0.4) is 0 Å². The lowest BCUT2D eigenvalue weighted by molar-refractivity contribution is 0.0623. The zero-order valence-electron chi connectivity index (χ0n) is 11.5. The van der Waals surface area contributed by atoms with E-state index in [9.17, 15) is 9.59 Å². The Morgan fingerprint density at radius 2 is 2.33 bits per heavy atom. The molecule has 1 atom stereocenters. The van der Waals surface area contributed by atoms with Crippen LogP contribution in [0, 0.1) is 0 Å². The van der Waals surface area contributed by atoms with Crippen molar-refractivity contribution < 1.29 is 19.1 Å². The summed E-state index contributed by atoms with van der Waals surface area (Å²) in [6.45, 7) is 2.68. The van der Waals surface area contributed by atoms with Gasteiger partial charge in [0.25, 0.3) is 5.91 Å². The Kier molecular flexibility index (Phi) is 3.55. The lowest BCUT2D eigenvalue weighted by Crippen LogP contribution is -2.39. The Balaban J connectivity index is 1.89. The average molecular weight is 305 g/mol. The second kappa shape index (κ2) is 5.37. The van der Waals surface area contributed by atoms with Crippen LogP contribution in [-0.4, -0.2) is 28.4 Å². The number of carboxylic acids is 1. The van der Waals surface area contributed by atoms with Crippen LogP contribution in [0.1, 0.15) is 50.7 Å². The minimum atomic E-state index is -1.09. The number of furan rings is 1. The van der Waals surface area contributed by atoms with Crippen LogP contribution in [0.4, 0.5) is 0 Å². The van der Waals surface area contributed by atoms with E-state index < -0.39 is 5.97 Å². The number of fused-ring (bicyclic) bond motifs is 1. The van der Waals surface area contributed by atoms with E-state index in [1.165, 1.54) is 16.5 Å². The first-order chi connectivity index (χ1) is 10.1. The van der Waals surface area contributed by atoms with Gasteiger partial charge in [-0.25, -0.2) is 4.79 Å². The highest BCUT2D eigenvalue weighted by molar-refractivity contribution is 7.10. The van der Waals surface area contributed by atoms with Gasteiger partial charge in [0.05, 0.1) is 11.6 Å². The van der Waals surface area contributed by atoms with Gasteiger partial charge in [-0.05, 0) is 29.9 Å². The van der Waals surface area contributed by atoms with Gasteiger partial charge in [0.15, 0.2) is 5.76 Å². The molecule has 0 spiro atoms. The molecule has 3 heterocycles. The highest BCUT2D eigenvalue weighted by Gasteiger charge is 2.32. The van der Waals surface area contributed by atoms with Crippen LogP contribution in [0.2, 0.25) is 0 Å². The maximum absolute atomic E-state index is 12.6. The van der Waals surface area contributed by atoms with Crippen molar-refractivity contribution in [2.75, 3.05) is 6.54 Å². The standard InChI is InChI=1S/C15H15NO4S/c1-2-11-10-4-6-21-13(10)3-5-16(11)14(17)12-7-9(8-20-12)15(18)19/h4,6-8,11H,2-3,5H2,1H3,(H,18,19)/t11-/m0/s1. The quantitative estimate of drug-likeness (QED) is 0.945. The molecule has 3 rings (SSSR count). The summed E-state index contributed by atoms with van der Waals surface area (Å²) in [5, 5.41) is 11.0. The number of nitrogens with zero attached hydrogens (tertiary/aromatic N) is 1. The molecule has 0 saturated carbocycles. The third kappa shape index (κ3) is 2.35. The molecule has 2 aromatic heterocycles. The Morgan fingerprint density at radius 3 is 3.00 bits per heavy atom. The molecule has 1 amide bonds. The fourth-order valence-electron chi connectivity index (χ4n) is 2.78. The van der Waals surface area contributed by atoms with E-state index in [4.69, 9.17) is 9.52 Å². The van der Waals surface area contributed by atoms with E-state index in [1.807, 2.05) is 6.92 Å². The number of rotatable bonds is 3. The van der Waals surface area contributed by atoms with Gasteiger partial charge < -0.3 is 14.4 Å². The zero-order valence-corrected chi connectivity index (χ0v) is 12.4. The van der Waals surface area contributed by atoms with Crippen molar-refractivity contribution in [3.05, 3.63) is 45.5 Å². The number of carboxylic acid groups (broad SMARTS) is 1. The molecule has 0 bridgehead atoms. The summed E-state index contributed by atoms with van der Waals surface area (Å²) in [7, 11) is 0. The molecule has 1 aliphatic rings. The zero-order chi connectivity index (χ0) is 15.0. The van der Waals surface area contributed by atoms with Gasteiger partial charge in [0.1, 0.15) is 6.26 Å². The van der Waals surface area contributed by atoms with E-state index in [2.05, 4.69) is 11.4 Å². The maximum Gasteiger partial charge on any atom is 0.338 e. The normalized spacial score (nSPS) is 17.6. The molecule has 0 aromatic carbocycles. The van der Waals surface area contributed by atoms with E-state index in [0.29, 0.717) is 6.54 Å². The van der Waals surface area contributed by atoms with Crippen LogP contribution in [-0.2, 0) is 6.42 Å². The third-order valence-electron chi connectivity index (χ3n) is 3.80. The van der Waals surface area contributed by atoms with Gasteiger partial charge in [0.2, 0.25) is 0 Å². The molecule has 0 unspecified atom stereocenters. The van der Waals surface area contributed by atoms with E-state index in [0.717, 1.165) is 19.1 Å². The summed E-state index contributed by atoms with van der Waals surface area (Å²) >= 11 is 1.72. The maximum atomic E-state index is 12.6. The van der Waals surface area contributed by atoms with Gasteiger partial charge >= 0.3 is 5.97 Å². The van der Waals surface area contributed by atoms with Crippen LogP contribution in [0.25, 0.3) is 0 Å². The van der Waals surface area contributed by atoms with Crippen molar-refractivity contribution in [3.63, 3.8) is 0 Å². The number of thiophene rings is 1. The molecule has 0 radical (unpaired) electrons. The molecular formula is C15H15NO4S. The number of carbonyl (C=O) groups excluding carboxylic acids is 1. The lowest BCUT2D eigenvalue weighted by atomic mass is 9.97. The first kappa shape index (κ1) is 13.9. The molecule has 5 nitrogen and oxygen atoms in total. The first-order valence-corrected chi connectivity index (χ1v) is 7.68. The Morgan fingerprint density at radius 1 is 1.52 bits per heavy atom. The molecular weight excluding hydrogens is 290 g/mol. The predicted octanol–water partition coefficient (Wildman–Crippen LogP) is 3.19. The summed E-state index contributed by atoms with van der Waals surface area (Å²) in [4.78, 5) is 26.6. The van der Waals surface area contributed by atoms with E-state index in [1.54, 1.807) is 16.2 Å². The van der Waals surface area contributed by atoms with Crippen LogP contribution in [0.15, 0.2) is 28.2 Å². The number of aromatic carboxylic acids is 1. The number of hydrogen-bond acceptors (Lipinski definition) is 4. The molecule has 1 N–H and O–H groups in total. The Hall–Kier alpha value is -2.08. The van der Waals surface area contributed by atoms with Gasteiger partial charge in [-0.1, -0.05) is 6.92 Å². The monoisotopic (exact) mass is 305 g/mol. The van der Waals surface area contributed by atoms with Crippen molar-refractivity contribution in [2.45, 2.75) is 25.8 Å². The third-order valence-corrected chi connectivity index (χ3v) is 4.80. The number of amides is 1. The molecule has 1 aliphatic heterocycles. The number of carbonyl (C=O) groups is 2. The second-order valence-electron chi connectivity index (χ2n) is 4.98. The van der Waals surface area contributed by atoms with E-state index >= 15 is 0 Å². The second-order valence-corrected chi connectivity index (χ2v) is 5.98. The summed E-state index contributed by atoms with van der Waals surface area (Å²) in [5.41, 5.74) is 1.20. The largest absolute Gasteiger partial charge is 0.478 e. The van der Waals surface area contributed by atoms with Crippen LogP contribution < -0.4 is 0 Å². The minimum absolute atomic E-state index is 0.000342. The van der Waals surface area contributed by atoms with E-state index in [-0.39, 0.29) is 23.3 Å². The molecule has 0 aliphatic carbocycles. The first-order valence-electron chi connectivity index (χ1n) is 6.81. The Labute approximate surface area is 125 Å². The molecule has 110 valence electrons. The molecule has 0 fully saturated rings. The van der Waals surface area contributed by atoms with Gasteiger partial charge in [0, 0.05) is 17.5 Å². The van der Waals surface area contributed by atoms with Crippen molar-refractivity contribution in [1.82, 2.24) is 4.90 Å². The fourth-order valence-corrected chi connectivity index (χ4v) is 3.71. The summed E-state index contributed by atoms with van der Waals surface area (Å²) < 4.78 is 5.13. The summed E-state index contributed by atoms with van der Waals surface area (Å²) in [6, 6.07) is 3.39. The van der Waals surface area contributed by atoms with Crippen molar-refractivity contribution in [1.29, 1.82) is 0 Å². The molecule has 2 aromatic rings. The molecule has 6 heteroatoms. The SMILES string of the molecule is CC[C@H]1c2ccsc2CCN1C(=O)c1cc(C(=O)O)co1. The predicted molar refractivity (Wildman–Crippen MR) is 77.8 cm³/mol. The molecule has 0 saturated heterocycles. The van der Waals surface area contributed by atoms with Gasteiger partial charge in [-0.2, -0.15) is 0 Å². The number of hydrogen-bond donors (Lipinski definition) is 1. The van der Waals surface area contributed by atoms with Crippen LogP contribution >= 0.6 is 11.3 Å². The van der Waals surface area contributed by atoms with Gasteiger partial charge in [-0.15, -0.1) is 11.3 Å². The van der Waals surface area contributed by atoms with Gasteiger partial charge in [-0.3, -0.25) is 4.79 Å². The highest BCUT2D eigenvalue weighted by Crippen LogP contribution is 2.36. The Bertz CT molecular complexity index is 687. The molecule has 21 heavy (non-hydrogen) atoms. The average Bonchev–Trinajstić information content (AvgIpc) is 3.13. The summed E-state index contributed by atoms with van der Waals surface area (Å²) in [6.07, 6.45) is 2.76. The highest BCUT2D eigenvalue weighted by atomic mass is 32.1. The van der Waals surface area contributed by atoms with Crippen LogP contribution in [0.5, 0.6) is 0 Å². The topological polar surface area (TPSA) is 70.8 Å². The van der Waals surface area contributed by atoms with Crippen molar-refractivity contribution in [3.8, 4) is 0 Å².